The maximum absolute atomic E-state index is 9.43. The Morgan fingerprint density at radius 3 is 1.62 bits per heavy atom. The average molecular weight is 165 g/mol. The first-order valence-corrected chi connectivity index (χ1v) is 1.61. The van der Waals surface area contributed by atoms with E-state index in [-0.39, 0.29) is 19.5 Å². The summed E-state index contributed by atoms with van der Waals surface area (Å²) >= 11 is 0. The van der Waals surface area contributed by atoms with Crippen LogP contribution in [0.5, 0.6) is 0 Å². The fraction of sp³-hybridized carbons (Fsp3) is 0.500. The van der Waals surface area contributed by atoms with E-state index in [1.165, 1.54) is 4.90 Å². The van der Waals surface area contributed by atoms with Gasteiger partial charge in [-0.1, -0.05) is 0 Å². The Hall–Kier alpha value is -0.417. The fourth-order valence-corrected chi connectivity index (χ4v) is 0. The third-order valence-corrected chi connectivity index (χ3v) is 0.211. The summed E-state index contributed by atoms with van der Waals surface area (Å²) in [5.41, 5.74) is 0. The number of nitrogens with zero attached hydrogens (tertiary/aromatic N) is 2. The molecular weight excluding hydrogens is 157 g/mol. The molecule has 0 fully saturated rings. The zero-order valence-corrected chi connectivity index (χ0v) is 8.05. The molecule has 0 aromatic carbocycles. The van der Waals surface area contributed by atoms with Crippen molar-refractivity contribution in [2.75, 3.05) is 14.1 Å². The van der Waals surface area contributed by atoms with Crippen molar-refractivity contribution in [2.24, 2.45) is 0 Å². The average Bonchev–Trinajstić information content (AvgIpc) is 1.73. The van der Waals surface area contributed by atoms with E-state index in [2.05, 4.69) is 0 Å². The molecule has 0 aromatic rings. The van der Waals surface area contributed by atoms with E-state index in [0.29, 0.717) is 0 Å². The fourth-order valence-electron chi connectivity index (χ4n) is 0. The van der Waals surface area contributed by atoms with Gasteiger partial charge in [0.15, 0.2) is 0 Å². The molecule has 1 amide bonds. The molecule has 0 saturated heterocycles. The van der Waals surface area contributed by atoms with Gasteiger partial charge in [-0.15, -0.1) is 0 Å². The van der Waals surface area contributed by atoms with Crippen LogP contribution in [-0.2, 0) is 24.3 Å². The Labute approximate surface area is 62.0 Å². The first-order chi connectivity index (χ1) is 3.27. The van der Waals surface area contributed by atoms with Crippen LogP contribution >= 0.6 is 0 Å². The summed E-state index contributed by atoms with van der Waals surface area (Å²) < 4.78 is 0. The second-order valence-electron chi connectivity index (χ2n) is 1.07. The molecule has 0 saturated carbocycles. The predicted octanol–water partition coefficient (Wildman–Crippen LogP) is -0.202. The van der Waals surface area contributed by atoms with Gasteiger partial charge in [0.1, 0.15) is 0 Å². The van der Waals surface area contributed by atoms with Crippen LogP contribution in [0.2, 0.25) is 0 Å². The van der Waals surface area contributed by atoms with Crippen LogP contribution in [0, 0.1) is 11.8 Å². The van der Waals surface area contributed by atoms with E-state index in [4.69, 9.17) is 11.8 Å². The van der Waals surface area contributed by atoms with E-state index in [0.717, 1.165) is 6.41 Å². The molecule has 0 N–H and O–H groups in total. The molecule has 42 valence electrons. The molecule has 0 unspecified atom stereocenters. The molecule has 0 aromatic heterocycles. The van der Waals surface area contributed by atoms with Crippen LogP contribution in [0.1, 0.15) is 0 Å². The molecule has 4 heteroatoms. The second-order valence-corrected chi connectivity index (χ2v) is 1.07. The van der Waals surface area contributed by atoms with E-state index < -0.39 is 0 Å². The monoisotopic (exact) mass is 163 g/mol. The standard InChI is InChI=1S/C3H7NO.CN.Zn/c1-4(2)3-5;1-2;/h3H,1-2H3;;/q;-1;. The maximum Gasteiger partial charge on any atom is 0.209 e. The van der Waals surface area contributed by atoms with Crippen molar-refractivity contribution in [3.8, 4) is 0 Å². The van der Waals surface area contributed by atoms with Crippen LogP contribution in [0.4, 0.5) is 0 Å². The van der Waals surface area contributed by atoms with E-state index >= 15 is 0 Å². The SMILES string of the molecule is CN(C)C=O.[C-]#N.[Zn]. The van der Waals surface area contributed by atoms with E-state index in [9.17, 15) is 4.79 Å². The van der Waals surface area contributed by atoms with Crippen molar-refractivity contribution in [3.05, 3.63) is 6.57 Å². The van der Waals surface area contributed by atoms with Gasteiger partial charge in [-0.05, 0) is 0 Å². The first kappa shape index (κ1) is 15.6. The van der Waals surface area contributed by atoms with Crippen LogP contribution in [0.3, 0.4) is 0 Å². The molecule has 0 radical (unpaired) electrons. The van der Waals surface area contributed by atoms with Gasteiger partial charge in [0.2, 0.25) is 6.41 Å². The Kier molecular flexibility index (Phi) is 31.3. The smallest absolute Gasteiger partial charge is 0.209 e. The zero-order valence-electron chi connectivity index (χ0n) is 5.09. The van der Waals surface area contributed by atoms with Crippen molar-refractivity contribution >= 4 is 6.41 Å². The van der Waals surface area contributed by atoms with Crippen LogP contribution in [0.15, 0.2) is 0 Å². The number of amides is 1. The third-order valence-electron chi connectivity index (χ3n) is 0.211. The number of hydrogen-bond donors (Lipinski definition) is 0. The summed E-state index contributed by atoms with van der Waals surface area (Å²) in [7, 11) is 3.38. The zero-order chi connectivity index (χ0) is 6.28. The minimum atomic E-state index is 0. The molecule has 0 bridgehead atoms. The summed E-state index contributed by atoms with van der Waals surface area (Å²) in [6, 6.07) is 0. The van der Waals surface area contributed by atoms with Crippen molar-refractivity contribution in [3.63, 3.8) is 0 Å². The summed E-state index contributed by atoms with van der Waals surface area (Å²) in [6.07, 6.45) is 0.750. The van der Waals surface area contributed by atoms with Crippen LogP contribution in [-0.4, -0.2) is 25.4 Å². The van der Waals surface area contributed by atoms with Crippen LogP contribution < -0.4 is 0 Å². The Morgan fingerprint density at radius 2 is 1.62 bits per heavy atom. The number of carbonyl (C=O) groups is 1. The molecule has 0 aliphatic heterocycles. The molecule has 0 rings (SSSR count). The maximum atomic E-state index is 9.43. The quantitative estimate of drug-likeness (QED) is 0.306. The van der Waals surface area contributed by atoms with Gasteiger partial charge in [-0.2, -0.15) is 0 Å². The Morgan fingerprint density at radius 1 is 1.50 bits per heavy atom. The first-order valence-electron chi connectivity index (χ1n) is 1.61. The van der Waals surface area contributed by atoms with E-state index in [1.807, 2.05) is 0 Å². The largest absolute Gasteiger partial charge is 0.512 e. The number of hydrogen-bond acceptors (Lipinski definition) is 2. The van der Waals surface area contributed by atoms with Gasteiger partial charge in [0.25, 0.3) is 0 Å². The van der Waals surface area contributed by atoms with Crippen molar-refractivity contribution in [2.45, 2.75) is 0 Å². The molecule has 0 spiro atoms. The molecule has 8 heavy (non-hydrogen) atoms. The summed E-state index contributed by atoms with van der Waals surface area (Å²) in [5, 5.41) is 6.25. The normalized spacial score (nSPS) is 4.50. The van der Waals surface area contributed by atoms with Crippen LogP contribution in [0.25, 0.3) is 0 Å². The summed E-state index contributed by atoms with van der Waals surface area (Å²) in [6.45, 7) is 4.75. The van der Waals surface area contributed by atoms with Crippen molar-refractivity contribution in [1.29, 1.82) is 5.26 Å². The Bertz CT molecular complexity index is 62.3. The minimum Gasteiger partial charge on any atom is -0.512 e. The number of carbonyl (C=O) groups excluding carboxylic acids is 1. The van der Waals surface area contributed by atoms with Gasteiger partial charge < -0.3 is 16.7 Å². The van der Waals surface area contributed by atoms with Crippen molar-refractivity contribution in [1.82, 2.24) is 4.90 Å². The van der Waals surface area contributed by atoms with Gasteiger partial charge >= 0.3 is 0 Å². The molecule has 0 atom stereocenters. The van der Waals surface area contributed by atoms with Gasteiger partial charge in [-0.3, -0.25) is 4.79 Å². The predicted molar refractivity (Wildman–Crippen MR) is 24.7 cm³/mol. The molecule has 0 aliphatic rings. The third kappa shape index (κ3) is 46.8. The Balaban J connectivity index is -0.0000000750. The molecule has 0 heterocycles. The minimum absolute atomic E-state index is 0. The second kappa shape index (κ2) is 16.0. The molecule has 3 nitrogen and oxygen atoms in total. The molecular formula is C4H7N2OZn-. The summed E-state index contributed by atoms with van der Waals surface area (Å²) in [5.74, 6) is 0. The van der Waals surface area contributed by atoms with Crippen molar-refractivity contribution < 1.29 is 24.3 Å². The van der Waals surface area contributed by atoms with Gasteiger partial charge in [0.05, 0.1) is 0 Å². The summed E-state index contributed by atoms with van der Waals surface area (Å²) in [4.78, 5) is 10.9. The molecule has 0 aliphatic carbocycles. The van der Waals surface area contributed by atoms with Gasteiger partial charge in [-0.25, -0.2) is 0 Å². The number of rotatable bonds is 1. The van der Waals surface area contributed by atoms with E-state index in [1.54, 1.807) is 14.1 Å². The van der Waals surface area contributed by atoms with Gasteiger partial charge in [0, 0.05) is 33.6 Å². The topological polar surface area (TPSA) is 44.1 Å².